The van der Waals surface area contributed by atoms with Crippen molar-refractivity contribution >= 4 is 11.0 Å². The number of H-pyrrole nitrogens is 1. The number of piperazine rings is 1. The van der Waals surface area contributed by atoms with E-state index in [1.807, 2.05) is 25.1 Å². The van der Waals surface area contributed by atoms with E-state index in [0.29, 0.717) is 5.89 Å². The highest BCUT2D eigenvalue weighted by atomic mass is 16.4. The topological polar surface area (TPSA) is 74.1 Å². The number of benzene rings is 1. The van der Waals surface area contributed by atoms with Crippen molar-refractivity contribution in [2.24, 2.45) is 0 Å². The molecule has 7 nitrogen and oxygen atoms in total. The standard InChI is InChI=1S/C18H24N6O/c1-3-17-21-22-18(25-17)13(2)24-10-8-23(9-11-24)12-16-19-14-6-4-5-7-15(14)20-16/h4-7,13H,3,8-12H2,1-2H3,(H,19,20). The molecule has 1 saturated heterocycles. The van der Waals surface area contributed by atoms with Crippen LogP contribution in [-0.4, -0.2) is 56.1 Å². The van der Waals surface area contributed by atoms with Gasteiger partial charge in [-0.05, 0) is 19.1 Å². The Labute approximate surface area is 147 Å². The van der Waals surface area contributed by atoms with Gasteiger partial charge >= 0.3 is 0 Å². The van der Waals surface area contributed by atoms with Crippen LogP contribution in [0.5, 0.6) is 0 Å². The zero-order valence-electron chi connectivity index (χ0n) is 14.8. The summed E-state index contributed by atoms with van der Waals surface area (Å²) < 4.78 is 5.71. The normalized spacial score (nSPS) is 18.0. The summed E-state index contributed by atoms with van der Waals surface area (Å²) in [5.74, 6) is 2.47. The van der Waals surface area contributed by atoms with Gasteiger partial charge in [0.1, 0.15) is 5.82 Å². The average molecular weight is 340 g/mol. The van der Waals surface area contributed by atoms with Crippen molar-refractivity contribution in [3.63, 3.8) is 0 Å². The minimum absolute atomic E-state index is 0.168. The first-order valence-corrected chi connectivity index (χ1v) is 8.95. The average Bonchev–Trinajstić information content (AvgIpc) is 3.28. The predicted octanol–water partition coefficient (Wildman–Crippen LogP) is 2.39. The van der Waals surface area contributed by atoms with Gasteiger partial charge < -0.3 is 9.40 Å². The molecule has 0 saturated carbocycles. The van der Waals surface area contributed by atoms with Crippen molar-refractivity contribution in [3.05, 3.63) is 41.9 Å². The number of nitrogens with zero attached hydrogens (tertiary/aromatic N) is 5. The van der Waals surface area contributed by atoms with E-state index in [9.17, 15) is 0 Å². The van der Waals surface area contributed by atoms with Gasteiger partial charge in [0, 0.05) is 32.6 Å². The van der Waals surface area contributed by atoms with E-state index < -0.39 is 0 Å². The van der Waals surface area contributed by atoms with Gasteiger partial charge in [-0.2, -0.15) is 0 Å². The van der Waals surface area contributed by atoms with Crippen molar-refractivity contribution in [3.8, 4) is 0 Å². The molecular weight excluding hydrogens is 316 g/mol. The lowest BCUT2D eigenvalue weighted by Gasteiger charge is -2.36. The Morgan fingerprint density at radius 3 is 2.68 bits per heavy atom. The fraction of sp³-hybridized carbons (Fsp3) is 0.500. The van der Waals surface area contributed by atoms with E-state index in [1.165, 1.54) is 0 Å². The Bertz CT molecular complexity index is 800. The molecule has 1 atom stereocenters. The molecule has 0 bridgehead atoms. The highest BCUT2D eigenvalue weighted by Gasteiger charge is 2.25. The highest BCUT2D eigenvalue weighted by molar-refractivity contribution is 5.74. The van der Waals surface area contributed by atoms with Crippen LogP contribution in [0.15, 0.2) is 28.7 Å². The van der Waals surface area contributed by atoms with Gasteiger partial charge in [0.15, 0.2) is 0 Å². The first kappa shape index (κ1) is 16.2. The van der Waals surface area contributed by atoms with Crippen molar-refractivity contribution in [2.45, 2.75) is 32.9 Å². The predicted molar refractivity (Wildman–Crippen MR) is 95.0 cm³/mol. The maximum Gasteiger partial charge on any atom is 0.233 e. The summed E-state index contributed by atoms with van der Waals surface area (Å²) in [6.45, 7) is 9.03. The lowest BCUT2D eigenvalue weighted by molar-refractivity contribution is 0.0856. The molecule has 0 amide bonds. The molecule has 1 N–H and O–H groups in total. The Hall–Kier alpha value is -2.25. The first-order valence-electron chi connectivity index (χ1n) is 8.95. The second-order valence-electron chi connectivity index (χ2n) is 6.58. The van der Waals surface area contributed by atoms with Crippen molar-refractivity contribution in [1.82, 2.24) is 30.0 Å². The Morgan fingerprint density at radius 2 is 1.96 bits per heavy atom. The summed E-state index contributed by atoms with van der Waals surface area (Å²) in [4.78, 5) is 12.9. The zero-order valence-corrected chi connectivity index (χ0v) is 14.8. The number of hydrogen-bond acceptors (Lipinski definition) is 6. The van der Waals surface area contributed by atoms with Crippen LogP contribution in [0.2, 0.25) is 0 Å². The van der Waals surface area contributed by atoms with E-state index in [4.69, 9.17) is 4.42 Å². The number of nitrogens with one attached hydrogen (secondary N) is 1. The summed E-state index contributed by atoms with van der Waals surface area (Å²) in [6.07, 6.45) is 0.783. The minimum Gasteiger partial charge on any atom is -0.424 e. The molecule has 1 aliphatic heterocycles. The van der Waals surface area contributed by atoms with Crippen LogP contribution < -0.4 is 0 Å². The van der Waals surface area contributed by atoms with Crippen molar-refractivity contribution < 1.29 is 4.42 Å². The molecule has 0 radical (unpaired) electrons. The molecule has 2 aromatic heterocycles. The Kier molecular flexibility index (Phi) is 4.50. The molecule has 0 spiro atoms. The van der Waals surface area contributed by atoms with E-state index >= 15 is 0 Å². The van der Waals surface area contributed by atoms with Gasteiger partial charge in [0.2, 0.25) is 11.8 Å². The number of aromatic nitrogens is 4. The molecule has 1 fully saturated rings. The maximum absolute atomic E-state index is 5.71. The van der Waals surface area contributed by atoms with Crippen LogP contribution in [0.4, 0.5) is 0 Å². The molecule has 1 unspecified atom stereocenters. The van der Waals surface area contributed by atoms with Crippen molar-refractivity contribution in [1.29, 1.82) is 0 Å². The number of hydrogen-bond donors (Lipinski definition) is 1. The summed E-state index contributed by atoms with van der Waals surface area (Å²) in [7, 11) is 0. The fourth-order valence-corrected chi connectivity index (χ4v) is 3.34. The molecule has 4 rings (SSSR count). The summed E-state index contributed by atoms with van der Waals surface area (Å²) in [5, 5.41) is 8.26. The van der Waals surface area contributed by atoms with Crippen LogP contribution in [-0.2, 0) is 13.0 Å². The third-order valence-corrected chi connectivity index (χ3v) is 4.91. The molecule has 7 heteroatoms. The lowest BCUT2D eigenvalue weighted by atomic mass is 10.2. The summed E-state index contributed by atoms with van der Waals surface area (Å²) >= 11 is 0. The number of para-hydroxylation sites is 2. The van der Waals surface area contributed by atoms with E-state index in [2.05, 4.69) is 43.0 Å². The minimum atomic E-state index is 0.168. The van der Waals surface area contributed by atoms with Crippen LogP contribution in [0.1, 0.15) is 37.5 Å². The van der Waals surface area contributed by atoms with Crippen LogP contribution in [0, 0.1) is 0 Å². The number of aryl methyl sites for hydroxylation is 1. The van der Waals surface area contributed by atoms with Gasteiger partial charge in [-0.15, -0.1) is 10.2 Å². The number of aromatic amines is 1. The fourth-order valence-electron chi connectivity index (χ4n) is 3.34. The Balaban J connectivity index is 1.34. The molecule has 132 valence electrons. The van der Waals surface area contributed by atoms with Gasteiger partial charge in [0.05, 0.1) is 23.6 Å². The van der Waals surface area contributed by atoms with Gasteiger partial charge in [-0.25, -0.2) is 4.98 Å². The third-order valence-electron chi connectivity index (χ3n) is 4.91. The third kappa shape index (κ3) is 3.43. The number of fused-ring (bicyclic) bond motifs is 1. The van der Waals surface area contributed by atoms with E-state index in [1.54, 1.807) is 0 Å². The second-order valence-corrected chi connectivity index (χ2v) is 6.58. The quantitative estimate of drug-likeness (QED) is 0.769. The van der Waals surface area contributed by atoms with Crippen LogP contribution in [0.25, 0.3) is 11.0 Å². The van der Waals surface area contributed by atoms with E-state index in [-0.39, 0.29) is 6.04 Å². The zero-order chi connectivity index (χ0) is 17.2. The van der Waals surface area contributed by atoms with Gasteiger partial charge in [-0.1, -0.05) is 19.1 Å². The number of imidazole rings is 1. The Morgan fingerprint density at radius 1 is 1.16 bits per heavy atom. The van der Waals surface area contributed by atoms with Gasteiger partial charge in [0.25, 0.3) is 0 Å². The monoisotopic (exact) mass is 340 g/mol. The van der Waals surface area contributed by atoms with Crippen LogP contribution >= 0.6 is 0 Å². The molecule has 1 aromatic carbocycles. The smallest absolute Gasteiger partial charge is 0.233 e. The summed E-state index contributed by atoms with van der Waals surface area (Å²) in [6, 6.07) is 8.34. The molecule has 0 aliphatic carbocycles. The van der Waals surface area contributed by atoms with E-state index in [0.717, 1.165) is 61.9 Å². The molecular formula is C18H24N6O. The first-order chi connectivity index (χ1) is 12.2. The second kappa shape index (κ2) is 6.93. The maximum atomic E-state index is 5.71. The molecule has 1 aliphatic rings. The highest BCUT2D eigenvalue weighted by Crippen LogP contribution is 2.21. The van der Waals surface area contributed by atoms with Crippen LogP contribution in [0.3, 0.4) is 0 Å². The largest absolute Gasteiger partial charge is 0.424 e. The van der Waals surface area contributed by atoms with Crippen molar-refractivity contribution in [2.75, 3.05) is 26.2 Å². The summed E-state index contributed by atoms with van der Waals surface area (Å²) in [5.41, 5.74) is 2.14. The molecule has 3 aromatic rings. The SMILES string of the molecule is CCc1nnc(C(C)N2CCN(Cc3nc4ccccc4[nH]3)CC2)o1. The lowest BCUT2D eigenvalue weighted by Crippen LogP contribution is -2.46. The molecule has 3 heterocycles. The van der Waals surface area contributed by atoms with Gasteiger partial charge in [-0.3, -0.25) is 9.80 Å². The number of rotatable bonds is 5. The molecule has 25 heavy (non-hydrogen) atoms.